The first kappa shape index (κ1) is 27.6. The number of rotatable bonds is 5. The van der Waals surface area contributed by atoms with Crippen molar-refractivity contribution in [3.63, 3.8) is 0 Å². The Morgan fingerprint density at radius 3 is 2.18 bits per heavy atom. The average molecular weight is 565 g/mol. The number of ether oxygens (including phenoxy) is 1. The maximum absolute atomic E-state index is 14.3. The fraction of sp³-hybridized carbons (Fsp3) is 0.400. The Morgan fingerprint density at radius 1 is 0.872 bits per heavy atom. The van der Waals surface area contributed by atoms with Crippen LogP contribution in [0.15, 0.2) is 41.2 Å². The molecule has 0 saturated heterocycles. The highest BCUT2D eigenvalue weighted by molar-refractivity contribution is 6.70. The van der Waals surface area contributed by atoms with Crippen LogP contribution < -0.4 is 0 Å². The zero-order chi connectivity index (χ0) is 28.7. The highest BCUT2D eigenvalue weighted by Crippen LogP contribution is 2.50. The molecule has 0 spiro atoms. The van der Waals surface area contributed by atoms with E-state index in [1.165, 1.54) is 7.11 Å². The quantitative estimate of drug-likeness (QED) is 0.330. The molecule has 0 saturated carbocycles. The molecule has 0 aromatic heterocycles. The van der Waals surface area contributed by atoms with Gasteiger partial charge in [-0.15, -0.1) is 0 Å². The van der Waals surface area contributed by atoms with Gasteiger partial charge in [0, 0.05) is 41.9 Å². The molecule has 3 aliphatic rings. The van der Waals surface area contributed by atoms with E-state index in [0.717, 1.165) is 11.1 Å². The lowest BCUT2D eigenvalue weighted by molar-refractivity contribution is -0.102. The van der Waals surface area contributed by atoms with Crippen molar-refractivity contribution < 1.29 is 33.4 Å². The van der Waals surface area contributed by atoms with E-state index in [-0.39, 0.29) is 46.0 Å². The van der Waals surface area contributed by atoms with Crippen molar-refractivity contribution in [2.75, 3.05) is 7.11 Å². The Labute approximate surface area is 231 Å². The number of allylic oxidation sites excluding steroid dienone is 1. The number of aryl methyl sites for hydroxylation is 2. The number of methoxy groups -OCH3 is 1. The van der Waals surface area contributed by atoms with Gasteiger partial charge in [0.1, 0.15) is 11.5 Å². The van der Waals surface area contributed by atoms with Crippen LogP contribution in [0.5, 0.6) is 11.5 Å². The van der Waals surface area contributed by atoms with Crippen molar-refractivity contribution in [1.82, 2.24) is 0 Å². The molecule has 9 heteroatoms. The predicted molar refractivity (Wildman–Crippen MR) is 154 cm³/mol. The molecule has 1 atom stereocenters. The van der Waals surface area contributed by atoms with Crippen molar-refractivity contribution >= 4 is 28.2 Å². The Balaban J connectivity index is 1.74. The molecular formula is C30H36O7Si2. The van der Waals surface area contributed by atoms with Gasteiger partial charge < -0.3 is 23.8 Å². The van der Waals surface area contributed by atoms with Crippen LogP contribution in [0.1, 0.15) is 43.8 Å². The van der Waals surface area contributed by atoms with Gasteiger partial charge in [-0.1, -0.05) is 6.07 Å². The van der Waals surface area contributed by atoms with Gasteiger partial charge in [0.25, 0.3) is 0 Å². The number of carbonyl (C=O) groups excluding carboxylic acids is 2. The zero-order valence-corrected chi connectivity index (χ0v) is 25.9. The maximum Gasteiger partial charge on any atom is 0.241 e. The number of Topliss-reactive ketones (excluding diaryl/α,β-unsaturated/α-hetero) is 2. The second-order valence-electron chi connectivity index (χ2n) is 12.6. The maximum atomic E-state index is 14.3. The van der Waals surface area contributed by atoms with E-state index in [0.29, 0.717) is 35.3 Å². The standard InChI is InChI=1S/C30H36O7Si2/c1-16-11-17-9-10-19-20(24(17)23(31)12-16)14-21-25(28(19)33)29(34)26-22(27(21)32)13-18(36-38(3,4)5)15-30(26,35-2)37-39(6,7)8/h11-12,14-15,31,33H,9-10,13H2,1-8H3. The third-order valence-electron chi connectivity index (χ3n) is 7.19. The molecule has 0 radical (unpaired) electrons. The molecule has 3 aliphatic carbocycles. The second-order valence-corrected chi connectivity index (χ2v) is 21.4. The summed E-state index contributed by atoms with van der Waals surface area (Å²) in [5.74, 6) is -2.05. The summed E-state index contributed by atoms with van der Waals surface area (Å²) in [5, 5.41) is 22.4. The molecule has 0 heterocycles. The van der Waals surface area contributed by atoms with E-state index in [9.17, 15) is 19.8 Å². The van der Waals surface area contributed by atoms with E-state index in [4.69, 9.17) is 13.6 Å². The third-order valence-corrected chi connectivity index (χ3v) is 8.98. The van der Waals surface area contributed by atoms with Gasteiger partial charge in [-0.2, -0.15) is 0 Å². The molecule has 0 amide bonds. The lowest BCUT2D eigenvalue weighted by atomic mass is 9.73. The summed E-state index contributed by atoms with van der Waals surface area (Å²) in [5.41, 5.74) is 4.06. The Morgan fingerprint density at radius 2 is 1.56 bits per heavy atom. The minimum Gasteiger partial charge on any atom is -0.547 e. The van der Waals surface area contributed by atoms with E-state index in [1.807, 2.05) is 52.3 Å². The Bertz CT molecular complexity index is 1500. The minimum absolute atomic E-state index is 0.0314. The lowest BCUT2D eigenvalue weighted by Gasteiger charge is -2.42. The first-order valence-electron chi connectivity index (χ1n) is 13.3. The molecule has 39 heavy (non-hydrogen) atoms. The van der Waals surface area contributed by atoms with Gasteiger partial charge in [0.05, 0.1) is 16.9 Å². The molecule has 2 N–H and O–H groups in total. The zero-order valence-electron chi connectivity index (χ0n) is 23.9. The van der Waals surface area contributed by atoms with E-state index in [1.54, 1.807) is 18.2 Å². The summed E-state index contributed by atoms with van der Waals surface area (Å²) in [6, 6.07) is 5.34. The van der Waals surface area contributed by atoms with Gasteiger partial charge in [0.2, 0.25) is 14.1 Å². The number of carbonyl (C=O) groups is 2. The van der Waals surface area contributed by atoms with E-state index < -0.39 is 28.2 Å². The fourth-order valence-corrected chi connectivity index (χ4v) is 8.06. The average Bonchev–Trinajstić information content (AvgIpc) is 2.79. The third kappa shape index (κ3) is 4.61. The fourth-order valence-electron chi connectivity index (χ4n) is 5.99. The highest BCUT2D eigenvalue weighted by Gasteiger charge is 2.51. The number of phenols is 2. The largest absolute Gasteiger partial charge is 0.547 e. The predicted octanol–water partition coefficient (Wildman–Crippen LogP) is 6.18. The van der Waals surface area contributed by atoms with Gasteiger partial charge in [-0.3, -0.25) is 9.59 Å². The molecule has 0 fully saturated rings. The second kappa shape index (κ2) is 9.02. The number of hydrogen-bond acceptors (Lipinski definition) is 7. The highest BCUT2D eigenvalue weighted by atomic mass is 28.4. The monoisotopic (exact) mass is 564 g/mol. The van der Waals surface area contributed by atoms with Crippen LogP contribution in [0.25, 0.3) is 11.1 Å². The van der Waals surface area contributed by atoms with Crippen molar-refractivity contribution in [1.29, 1.82) is 0 Å². The van der Waals surface area contributed by atoms with Crippen LogP contribution in [-0.4, -0.2) is 51.3 Å². The smallest absolute Gasteiger partial charge is 0.241 e. The molecule has 206 valence electrons. The number of fused-ring (bicyclic) bond motifs is 4. The van der Waals surface area contributed by atoms with Gasteiger partial charge in [-0.05, 0) is 87.9 Å². The summed E-state index contributed by atoms with van der Waals surface area (Å²) < 4.78 is 18.8. The lowest BCUT2D eigenvalue weighted by Crippen LogP contribution is -2.50. The summed E-state index contributed by atoms with van der Waals surface area (Å²) in [6.07, 6.45) is 2.90. The molecule has 2 aromatic rings. The van der Waals surface area contributed by atoms with Crippen LogP contribution in [0.3, 0.4) is 0 Å². The minimum atomic E-state index is -2.34. The Hall–Kier alpha value is -2.99. The van der Waals surface area contributed by atoms with Crippen LogP contribution in [0.2, 0.25) is 39.3 Å². The molecule has 2 aromatic carbocycles. The van der Waals surface area contributed by atoms with Gasteiger partial charge in [0.15, 0.2) is 19.9 Å². The van der Waals surface area contributed by atoms with Crippen LogP contribution in [0.4, 0.5) is 0 Å². The number of ketones is 2. The SMILES string of the molecule is COC1(O[Si](C)(C)C)C=C(O[Si](C)(C)C)CC2=C1C(=O)c1c(cc3c(c1O)CCc1cc(C)cc(O)c1-3)C2=O. The summed E-state index contributed by atoms with van der Waals surface area (Å²) >= 11 is 0. The number of benzene rings is 2. The summed E-state index contributed by atoms with van der Waals surface area (Å²) in [7, 11) is -2.96. The first-order valence-corrected chi connectivity index (χ1v) is 20.1. The molecule has 7 nitrogen and oxygen atoms in total. The van der Waals surface area contributed by atoms with E-state index in [2.05, 4.69) is 0 Å². The molecule has 5 rings (SSSR count). The van der Waals surface area contributed by atoms with Crippen LogP contribution in [0, 0.1) is 6.92 Å². The summed E-state index contributed by atoms with van der Waals surface area (Å²) in [6.45, 7) is 14.0. The normalized spacial score (nSPS) is 20.7. The van der Waals surface area contributed by atoms with Crippen molar-refractivity contribution in [2.45, 2.75) is 71.3 Å². The van der Waals surface area contributed by atoms with Crippen LogP contribution in [-0.2, 0) is 26.4 Å². The van der Waals surface area contributed by atoms with Crippen molar-refractivity contribution in [2.24, 2.45) is 0 Å². The van der Waals surface area contributed by atoms with E-state index >= 15 is 0 Å². The van der Waals surface area contributed by atoms with Crippen molar-refractivity contribution in [3.05, 3.63) is 69.0 Å². The van der Waals surface area contributed by atoms with Gasteiger partial charge in [-0.25, -0.2) is 0 Å². The Kier molecular flexibility index (Phi) is 6.38. The molecular weight excluding hydrogens is 528 g/mol. The first-order chi connectivity index (χ1) is 18.0. The number of hydrogen-bond donors (Lipinski definition) is 2. The summed E-state index contributed by atoms with van der Waals surface area (Å²) in [4.78, 5) is 28.5. The number of aromatic hydroxyl groups is 2. The van der Waals surface area contributed by atoms with Crippen molar-refractivity contribution in [3.8, 4) is 22.6 Å². The topological polar surface area (TPSA) is 102 Å². The van der Waals surface area contributed by atoms with Gasteiger partial charge >= 0.3 is 0 Å². The van der Waals surface area contributed by atoms with Crippen LogP contribution >= 0.6 is 0 Å². The number of phenolic OH excluding ortho intramolecular Hbond substituents is 2. The molecule has 0 aliphatic heterocycles. The molecule has 0 bridgehead atoms. The molecule has 1 unspecified atom stereocenters.